The predicted molar refractivity (Wildman–Crippen MR) is 85.0 cm³/mol. The van der Waals surface area contributed by atoms with E-state index < -0.39 is 17.8 Å². The summed E-state index contributed by atoms with van der Waals surface area (Å²) in [7, 11) is 1.38. The smallest absolute Gasteiger partial charge is 0.338 e. The molecule has 0 saturated carbocycles. The van der Waals surface area contributed by atoms with Gasteiger partial charge in [0.25, 0.3) is 11.8 Å². The van der Waals surface area contributed by atoms with E-state index in [0.717, 1.165) is 4.90 Å². The van der Waals surface area contributed by atoms with Gasteiger partial charge < -0.3 is 9.47 Å². The number of halogens is 1. The Balaban J connectivity index is 1.56. The third kappa shape index (κ3) is 3.35. The molecule has 6 nitrogen and oxygen atoms in total. The summed E-state index contributed by atoms with van der Waals surface area (Å²) in [5, 5.41) is 0. The van der Waals surface area contributed by atoms with Crippen molar-refractivity contribution in [3.8, 4) is 5.75 Å². The third-order valence-electron chi connectivity index (χ3n) is 3.72. The minimum absolute atomic E-state index is 0.0138. The van der Waals surface area contributed by atoms with E-state index in [4.69, 9.17) is 9.47 Å². The molecular weight excluding hydrogens is 329 g/mol. The molecule has 0 aromatic heterocycles. The van der Waals surface area contributed by atoms with E-state index in [1.165, 1.54) is 49.5 Å². The summed E-state index contributed by atoms with van der Waals surface area (Å²) in [6.07, 6.45) is 0. The molecule has 1 aliphatic heterocycles. The lowest BCUT2D eigenvalue weighted by Crippen LogP contribution is -2.24. The lowest BCUT2D eigenvalue weighted by molar-refractivity contribution is 0.0450. The molecule has 0 aliphatic carbocycles. The van der Waals surface area contributed by atoms with Crippen LogP contribution in [0.5, 0.6) is 5.75 Å². The van der Waals surface area contributed by atoms with Crippen LogP contribution in [0.15, 0.2) is 42.5 Å². The first-order valence-corrected chi connectivity index (χ1v) is 7.49. The van der Waals surface area contributed by atoms with Crippen molar-refractivity contribution in [2.75, 3.05) is 20.3 Å². The van der Waals surface area contributed by atoms with Crippen LogP contribution >= 0.6 is 0 Å². The average Bonchev–Trinajstić information content (AvgIpc) is 2.84. The van der Waals surface area contributed by atoms with Crippen LogP contribution in [0.3, 0.4) is 0 Å². The van der Waals surface area contributed by atoms with Crippen molar-refractivity contribution in [2.24, 2.45) is 0 Å². The summed E-state index contributed by atoms with van der Waals surface area (Å²) in [5.74, 6) is -1.38. The minimum atomic E-state index is -0.625. The average molecular weight is 343 g/mol. The molecule has 0 fully saturated rings. The van der Waals surface area contributed by atoms with Crippen molar-refractivity contribution in [1.82, 2.24) is 4.90 Å². The summed E-state index contributed by atoms with van der Waals surface area (Å²) in [4.78, 5) is 36.8. The Morgan fingerprint density at radius 2 is 1.68 bits per heavy atom. The molecule has 1 aliphatic rings. The van der Waals surface area contributed by atoms with Gasteiger partial charge in [0.1, 0.15) is 24.8 Å². The number of rotatable bonds is 5. The number of amides is 2. The molecule has 0 bridgehead atoms. The number of hydrogen-bond donors (Lipinski definition) is 0. The highest BCUT2D eigenvalue weighted by Crippen LogP contribution is 2.23. The van der Waals surface area contributed by atoms with Crippen LogP contribution in [0.25, 0.3) is 0 Å². The zero-order valence-electron chi connectivity index (χ0n) is 13.3. The van der Waals surface area contributed by atoms with Gasteiger partial charge in [-0.2, -0.15) is 0 Å². The maximum Gasteiger partial charge on any atom is 0.338 e. The van der Waals surface area contributed by atoms with Gasteiger partial charge in [-0.3, -0.25) is 14.5 Å². The summed E-state index contributed by atoms with van der Waals surface area (Å²) in [6, 6.07) is 9.69. The zero-order valence-corrected chi connectivity index (χ0v) is 13.3. The highest BCUT2D eigenvalue weighted by Gasteiger charge is 2.33. The molecule has 128 valence electrons. The summed E-state index contributed by atoms with van der Waals surface area (Å²) in [6.45, 7) is 0.0859. The maximum atomic E-state index is 12.8. The Bertz CT molecular complexity index is 847. The molecule has 0 saturated heterocycles. The lowest BCUT2D eigenvalue weighted by Gasteiger charge is -2.08. The van der Waals surface area contributed by atoms with Gasteiger partial charge >= 0.3 is 5.97 Å². The Kier molecular flexibility index (Phi) is 4.47. The lowest BCUT2D eigenvalue weighted by atomic mass is 10.1. The summed E-state index contributed by atoms with van der Waals surface area (Å²) >= 11 is 0. The number of carbonyl (C=O) groups excluding carboxylic acids is 3. The zero-order chi connectivity index (χ0) is 18.0. The molecule has 7 heteroatoms. The van der Waals surface area contributed by atoms with E-state index in [1.54, 1.807) is 0 Å². The molecule has 3 rings (SSSR count). The van der Waals surface area contributed by atoms with Crippen molar-refractivity contribution >= 4 is 17.8 Å². The van der Waals surface area contributed by atoms with E-state index in [9.17, 15) is 18.8 Å². The molecule has 2 aromatic carbocycles. The predicted octanol–water partition coefficient (Wildman–Crippen LogP) is 2.29. The normalized spacial score (nSPS) is 13.0. The maximum absolute atomic E-state index is 12.8. The molecule has 0 spiro atoms. The number of carbonyl (C=O) groups is 3. The van der Waals surface area contributed by atoms with Crippen molar-refractivity contribution < 1.29 is 28.2 Å². The second kappa shape index (κ2) is 6.72. The number of nitrogens with zero attached hydrogens (tertiary/aromatic N) is 1. The fraction of sp³-hybridized carbons (Fsp3) is 0.167. The molecular formula is C18H14FNO5. The van der Waals surface area contributed by atoms with Crippen LogP contribution in [0.1, 0.15) is 31.1 Å². The fourth-order valence-corrected chi connectivity index (χ4v) is 2.40. The monoisotopic (exact) mass is 343 g/mol. The number of ether oxygens (including phenoxy) is 2. The second-order valence-corrected chi connectivity index (χ2v) is 5.37. The van der Waals surface area contributed by atoms with Gasteiger partial charge in [-0.1, -0.05) is 0 Å². The van der Waals surface area contributed by atoms with Gasteiger partial charge in [0, 0.05) is 7.05 Å². The van der Waals surface area contributed by atoms with E-state index in [2.05, 4.69) is 0 Å². The SMILES string of the molecule is CN1C(=O)c2ccc(C(=O)OCCOc3ccc(F)cc3)cc2C1=O. The summed E-state index contributed by atoms with van der Waals surface area (Å²) < 4.78 is 23.2. The van der Waals surface area contributed by atoms with Gasteiger partial charge in [-0.15, -0.1) is 0 Å². The molecule has 2 amide bonds. The van der Waals surface area contributed by atoms with Crippen LogP contribution in [-0.2, 0) is 4.74 Å². The van der Waals surface area contributed by atoms with Crippen LogP contribution in [-0.4, -0.2) is 42.9 Å². The van der Waals surface area contributed by atoms with E-state index >= 15 is 0 Å². The molecule has 25 heavy (non-hydrogen) atoms. The Morgan fingerprint density at radius 1 is 1.00 bits per heavy atom. The van der Waals surface area contributed by atoms with E-state index in [0.29, 0.717) is 5.75 Å². The first-order valence-electron chi connectivity index (χ1n) is 7.49. The fourth-order valence-electron chi connectivity index (χ4n) is 2.40. The van der Waals surface area contributed by atoms with Crippen molar-refractivity contribution in [1.29, 1.82) is 0 Å². The molecule has 1 heterocycles. The van der Waals surface area contributed by atoms with Crippen LogP contribution in [0.4, 0.5) is 4.39 Å². The first-order chi connectivity index (χ1) is 12.0. The second-order valence-electron chi connectivity index (χ2n) is 5.37. The van der Waals surface area contributed by atoms with Crippen LogP contribution in [0.2, 0.25) is 0 Å². The van der Waals surface area contributed by atoms with Crippen molar-refractivity contribution in [3.63, 3.8) is 0 Å². The molecule has 0 unspecified atom stereocenters. The number of hydrogen-bond acceptors (Lipinski definition) is 5. The van der Waals surface area contributed by atoms with E-state index in [1.807, 2.05) is 0 Å². The van der Waals surface area contributed by atoms with Gasteiger partial charge in [0.05, 0.1) is 16.7 Å². The van der Waals surface area contributed by atoms with Crippen LogP contribution in [0, 0.1) is 5.82 Å². The number of fused-ring (bicyclic) bond motifs is 1. The van der Waals surface area contributed by atoms with Gasteiger partial charge in [-0.25, -0.2) is 9.18 Å². The Hall–Kier alpha value is -3.22. The molecule has 0 radical (unpaired) electrons. The Morgan fingerprint density at radius 3 is 2.40 bits per heavy atom. The van der Waals surface area contributed by atoms with Crippen molar-refractivity contribution in [3.05, 3.63) is 65.0 Å². The number of imide groups is 1. The molecule has 0 N–H and O–H groups in total. The van der Waals surface area contributed by atoms with Crippen LogP contribution < -0.4 is 4.74 Å². The largest absolute Gasteiger partial charge is 0.490 e. The standard InChI is InChI=1S/C18H14FNO5/c1-20-16(21)14-7-2-11(10-15(14)17(20)22)18(23)25-9-8-24-13-5-3-12(19)4-6-13/h2-7,10H,8-9H2,1H3. The number of esters is 1. The first kappa shape index (κ1) is 16.6. The van der Waals surface area contributed by atoms with E-state index in [-0.39, 0.29) is 35.7 Å². The topological polar surface area (TPSA) is 72.9 Å². The third-order valence-corrected chi connectivity index (χ3v) is 3.72. The molecule has 2 aromatic rings. The highest BCUT2D eigenvalue weighted by molar-refractivity contribution is 6.21. The highest BCUT2D eigenvalue weighted by atomic mass is 19.1. The number of benzene rings is 2. The molecule has 0 atom stereocenters. The Labute approximate surface area is 142 Å². The quantitative estimate of drug-likeness (QED) is 0.473. The minimum Gasteiger partial charge on any atom is -0.490 e. The van der Waals surface area contributed by atoms with Crippen molar-refractivity contribution in [2.45, 2.75) is 0 Å². The summed E-state index contributed by atoms with van der Waals surface area (Å²) in [5.41, 5.74) is 0.630. The van der Waals surface area contributed by atoms with Gasteiger partial charge in [0.15, 0.2) is 0 Å². The van der Waals surface area contributed by atoms with Gasteiger partial charge in [-0.05, 0) is 42.5 Å². The van der Waals surface area contributed by atoms with Gasteiger partial charge in [0.2, 0.25) is 0 Å².